The molecule has 0 saturated carbocycles. The van der Waals surface area contributed by atoms with Crippen LogP contribution in [0.25, 0.3) is 0 Å². The van der Waals surface area contributed by atoms with Crippen LogP contribution in [0.5, 0.6) is 5.75 Å². The second-order valence-corrected chi connectivity index (χ2v) is 6.80. The van der Waals surface area contributed by atoms with Crippen LogP contribution in [-0.2, 0) is 10.0 Å². The van der Waals surface area contributed by atoms with Gasteiger partial charge in [-0.3, -0.25) is 4.72 Å². The zero-order valence-corrected chi connectivity index (χ0v) is 13.8. The zero-order chi connectivity index (χ0) is 15.6. The number of nitrogens with zero attached hydrogens (tertiary/aromatic N) is 1. The van der Waals surface area contributed by atoms with Gasteiger partial charge in [0.05, 0.1) is 11.6 Å². The van der Waals surface area contributed by atoms with E-state index >= 15 is 0 Å². The number of anilines is 2. The molecule has 1 aromatic heterocycles. The van der Waals surface area contributed by atoms with Crippen LogP contribution >= 0.6 is 15.9 Å². The summed E-state index contributed by atoms with van der Waals surface area (Å²) in [6.07, 6.45) is 1.49. The number of ether oxygens (including phenoxy) is 1. The van der Waals surface area contributed by atoms with Crippen molar-refractivity contribution >= 4 is 37.5 Å². The first-order valence-electron chi connectivity index (χ1n) is 5.92. The van der Waals surface area contributed by atoms with Crippen molar-refractivity contribution in [2.75, 3.05) is 17.6 Å². The summed E-state index contributed by atoms with van der Waals surface area (Å²) in [5, 5.41) is 0. The molecule has 0 aliphatic rings. The number of nitrogens with one attached hydrogen (secondary N) is 1. The van der Waals surface area contributed by atoms with Gasteiger partial charge in [0.1, 0.15) is 10.6 Å². The number of benzene rings is 1. The van der Waals surface area contributed by atoms with Crippen molar-refractivity contribution < 1.29 is 13.2 Å². The highest BCUT2D eigenvalue weighted by molar-refractivity contribution is 9.10. The maximum Gasteiger partial charge on any atom is 0.266 e. The molecule has 0 spiro atoms. The van der Waals surface area contributed by atoms with Crippen molar-refractivity contribution in [2.45, 2.75) is 11.8 Å². The highest BCUT2D eigenvalue weighted by Crippen LogP contribution is 2.31. The molecule has 0 amide bonds. The number of halogens is 1. The van der Waals surface area contributed by atoms with Crippen LogP contribution in [0.1, 0.15) is 5.56 Å². The van der Waals surface area contributed by atoms with E-state index in [1.54, 1.807) is 25.1 Å². The van der Waals surface area contributed by atoms with Gasteiger partial charge >= 0.3 is 0 Å². The van der Waals surface area contributed by atoms with E-state index in [2.05, 4.69) is 25.6 Å². The monoisotopic (exact) mass is 371 g/mol. The predicted octanol–water partition coefficient (Wildman–Crippen LogP) is 2.54. The fourth-order valence-electron chi connectivity index (χ4n) is 1.69. The molecule has 8 heteroatoms. The summed E-state index contributed by atoms with van der Waals surface area (Å²) in [5.74, 6) is 0.417. The molecule has 0 fully saturated rings. The number of nitrogens with two attached hydrogens (primary N) is 1. The Balaban J connectivity index is 2.50. The maximum atomic E-state index is 12.5. The molecule has 21 heavy (non-hydrogen) atoms. The first-order valence-corrected chi connectivity index (χ1v) is 8.20. The Labute approximate surface area is 131 Å². The lowest BCUT2D eigenvalue weighted by atomic mass is 10.2. The lowest BCUT2D eigenvalue weighted by Crippen LogP contribution is -2.16. The van der Waals surface area contributed by atoms with Crippen molar-refractivity contribution in [3.63, 3.8) is 0 Å². The summed E-state index contributed by atoms with van der Waals surface area (Å²) in [6, 6.07) is 6.32. The number of sulfonamides is 1. The second kappa shape index (κ2) is 5.90. The summed E-state index contributed by atoms with van der Waals surface area (Å²) in [6.45, 7) is 1.77. The van der Waals surface area contributed by atoms with Crippen LogP contribution in [0.4, 0.5) is 11.5 Å². The number of nitrogen functional groups attached to an aromatic ring is 1. The number of rotatable bonds is 4. The highest BCUT2D eigenvalue weighted by Gasteiger charge is 2.22. The maximum absolute atomic E-state index is 12.5. The largest absolute Gasteiger partial charge is 0.495 e. The number of hydrogen-bond donors (Lipinski definition) is 2. The molecule has 0 aliphatic heterocycles. The van der Waals surface area contributed by atoms with Gasteiger partial charge in [-0.1, -0.05) is 0 Å². The van der Waals surface area contributed by atoms with E-state index in [-0.39, 0.29) is 16.5 Å². The molecule has 2 rings (SSSR count). The van der Waals surface area contributed by atoms with Crippen molar-refractivity contribution in [1.82, 2.24) is 4.98 Å². The lowest BCUT2D eigenvalue weighted by molar-refractivity contribution is 0.402. The van der Waals surface area contributed by atoms with Crippen molar-refractivity contribution in [1.29, 1.82) is 0 Å². The van der Waals surface area contributed by atoms with E-state index in [1.165, 1.54) is 19.4 Å². The lowest BCUT2D eigenvalue weighted by Gasteiger charge is -2.13. The molecule has 2 aromatic rings. The minimum atomic E-state index is -3.87. The Morgan fingerprint density at radius 2 is 2.10 bits per heavy atom. The Morgan fingerprint density at radius 3 is 2.71 bits per heavy atom. The molecule has 0 saturated heterocycles. The standard InChI is InChI=1S/C13H14BrN3O3S/c1-8-6-11(20-2)12(7-10(8)15)21(18,19)17-13-9(14)4-3-5-16-13/h3-7H,15H2,1-2H3,(H,16,17). The van der Waals surface area contributed by atoms with E-state index in [4.69, 9.17) is 10.5 Å². The van der Waals surface area contributed by atoms with Gasteiger partial charge in [0.2, 0.25) is 0 Å². The molecule has 0 unspecified atom stereocenters. The fourth-order valence-corrected chi connectivity index (χ4v) is 3.39. The number of hydrogen-bond acceptors (Lipinski definition) is 5. The van der Waals surface area contributed by atoms with Gasteiger partial charge in [-0.05, 0) is 52.7 Å². The molecular weight excluding hydrogens is 358 g/mol. The topological polar surface area (TPSA) is 94.3 Å². The predicted molar refractivity (Wildman–Crippen MR) is 84.9 cm³/mol. The van der Waals surface area contributed by atoms with Crippen LogP contribution in [0.3, 0.4) is 0 Å². The van der Waals surface area contributed by atoms with E-state index in [9.17, 15) is 8.42 Å². The first-order chi connectivity index (χ1) is 9.85. The van der Waals surface area contributed by atoms with Crippen LogP contribution in [0.15, 0.2) is 39.8 Å². The average Bonchev–Trinajstić information content (AvgIpc) is 2.43. The molecule has 112 valence electrons. The number of pyridine rings is 1. The summed E-state index contributed by atoms with van der Waals surface area (Å²) in [7, 11) is -2.46. The number of aromatic nitrogens is 1. The Morgan fingerprint density at radius 1 is 1.38 bits per heavy atom. The average molecular weight is 372 g/mol. The normalized spacial score (nSPS) is 11.2. The summed E-state index contributed by atoms with van der Waals surface area (Å²) >= 11 is 3.24. The Hall–Kier alpha value is -1.80. The van der Waals surface area contributed by atoms with Crippen molar-refractivity contribution in [2.24, 2.45) is 0 Å². The molecule has 0 bridgehead atoms. The SMILES string of the molecule is COc1cc(C)c(N)cc1S(=O)(=O)Nc1ncccc1Br. The Bertz CT molecular complexity index is 778. The van der Waals surface area contributed by atoms with Gasteiger partial charge in [0.25, 0.3) is 10.0 Å². The van der Waals surface area contributed by atoms with Crippen LogP contribution in [0.2, 0.25) is 0 Å². The van der Waals surface area contributed by atoms with Gasteiger partial charge < -0.3 is 10.5 Å². The summed E-state index contributed by atoms with van der Waals surface area (Å²) in [4.78, 5) is 3.94. The van der Waals surface area contributed by atoms with Gasteiger partial charge in [0, 0.05) is 11.9 Å². The van der Waals surface area contributed by atoms with Crippen molar-refractivity contribution in [3.05, 3.63) is 40.5 Å². The van der Waals surface area contributed by atoms with Crippen molar-refractivity contribution in [3.8, 4) is 5.75 Å². The summed E-state index contributed by atoms with van der Waals surface area (Å²) < 4.78 is 33.0. The van der Waals surface area contributed by atoms with Crippen LogP contribution < -0.4 is 15.2 Å². The Kier molecular flexibility index (Phi) is 4.38. The van der Waals surface area contributed by atoms with E-state index in [0.29, 0.717) is 10.2 Å². The van der Waals surface area contributed by atoms with Gasteiger partial charge in [-0.2, -0.15) is 0 Å². The molecule has 6 nitrogen and oxygen atoms in total. The molecule has 1 heterocycles. The zero-order valence-electron chi connectivity index (χ0n) is 11.4. The molecule has 0 atom stereocenters. The number of methoxy groups -OCH3 is 1. The molecule has 1 aromatic carbocycles. The third-order valence-corrected chi connectivity index (χ3v) is 4.83. The van der Waals surface area contributed by atoms with E-state index in [1.807, 2.05) is 0 Å². The first kappa shape index (κ1) is 15.6. The summed E-state index contributed by atoms with van der Waals surface area (Å²) in [5.41, 5.74) is 6.90. The van der Waals surface area contributed by atoms with Crippen LogP contribution in [-0.4, -0.2) is 20.5 Å². The van der Waals surface area contributed by atoms with E-state index in [0.717, 1.165) is 5.56 Å². The quantitative estimate of drug-likeness (QED) is 0.805. The second-order valence-electron chi connectivity index (χ2n) is 4.30. The molecule has 3 N–H and O–H groups in total. The van der Waals surface area contributed by atoms with Gasteiger partial charge in [-0.15, -0.1) is 0 Å². The van der Waals surface area contributed by atoms with E-state index < -0.39 is 10.0 Å². The van der Waals surface area contributed by atoms with Crippen LogP contribution in [0, 0.1) is 6.92 Å². The van der Waals surface area contributed by atoms with Gasteiger partial charge in [-0.25, -0.2) is 13.4 Å². The fraction of sp³-hybridized carbons (Fsp3) is 0.154. The third-order valence-electron chi connectivity index (χ3n) is 2.83. The third kappa shape index (κ3) is 3.27. The smallest absolute Gasteiger partial charge is 0.266 e. The minimum Gasteiger partial charge on any atom is -0.495 e. The minimum absolute atomic E-state index is 0.0364. The molecule has 0 aliphatic carbocycles. The molecular formula is C13H14BrN3O3S. The van der Waals surface area contributed by atoms with Gasteiger partial charge in [0.15, 0.2) is 5.82 Å². The highest BCUT2D eigenvalue weighted by atomic mass is 79.9. The molecule has 0 radical (unpaired) electrons. The number of aryl methyl sites for hydroxylation is 1.